The second kappa shape index (κ2) is 4.88. The van der Waals surface area contributed by atoms with Crippen LogP contribution in [-0.4, -0.2) is 24.8 Å². The van der Waals surface area contributed by atoms with E-state index < -0.39 is 0 Å². The van der Waals surface area contributed by atoms with Crippen LogP contribution in [0.4, 0.5) is 5.69 Å². The van der Waals surface area contributed by atoms with Crippen molar-refractivity contribution in [2.24, 2.45) is 5.92 Å². The van der Waals surface area contributed by atoms with Crippen LogP contribution in [0.25, 0.3) is 0 Å². The molecule has 0 aromatic heterocycles. The molecule has 0 bridgehead atoms. The number of hydrogen-bond acceptors (Lipinski definition) is 2. The van der Waals surface area contributed by atoms with Crippen LogP contribution >= 0.6 is 0 Å². The first-order valence-electron chi connectivity index (χ1n) is 6.12. The molecule has 2 unspecified atom stereocenters. The number of rotatable bonds is 3. The minimum Gasteiger partial charge on any atom is -0.393 e. The lowest BCUT2D eigenvalue weighted by molar-refractivity contribution is 0.136. The van der Waals surface area contributed by atoms with Crippen LogP contribution < -0.4 is 4.90 Å². The summed E-state index contributed by atoms with van der Waals surface area (Å²) in [7, 11) is 2.11. The fourth-order valence-electron chi connectivity index (χ4n) is 2.55. The molecule has 2 atom stereocenters. The van der Waals surface area contributed by atoms with Crippen molar-refractivity contribution in [3.63, 3.8) is 0 Å². The largest absolute Gasteiger partial charge is 0.393 e. The normalized spacial score (nSPS) is 24.7. The smallest absolute Gasteiger partial charge is 0.0585 e. The van der Waals surface area contributed by atoms with E-state index in [1.54, 1.807) is 0 Å². The summed E-state index contributed by atoms with van der Waals surface area (Å²) in [6.07, 6.45) is 3.23. The van der Waals surface area contributed by atoms with E-state index in [4.69, 9.17) is 0 Å². The quantitative estimate of drug-likeness (QED) is 0.844. The number of aryl methyl sites for hydroxylation is 1. The Labute approximate surface area is 97.9 Å². The minimum absolute atomic E-state index is 0.0905. The number of anilines is 1. The molecule has 1 aliphatic carbocycles. The number of aliphatic hydroxyl groups is 1. The van der Waals surface area contributed by atoms with Crippen LogP contribution in [0.5, 0.6) is 0 Å². The Balaban J connectivity index is 1.99. The lowest BCUT2D eigenvalue weighted by Crippen LogP contribution is -2.29. The Hall–Kier alpha value is -1.02. The summed E-state index contributed by atoms with van der Waals surface area (Å²) >= 11 is 0. The first kappa shape index (κ1) is 11.5. The maximum Gasteiger partial charge on any atom is 0.0585 e. The van der Waals surface area contributed by atoms with Gasteiger partial charge < -0.3 is 10.0 Å². The molecular weight excluding hydrogens is 198 g/mol. The van der Waals surface area contributed by atoms with Crippen LogP contribution in [0.2, 0.25) is 0 Å². The molecule has 0 aliphatic heterocycles. The van der Waals surface area contributed by atoms with Gasteiger partial charge in [-0.25, -0.2) is 0 Å². The Morgan fingerprint density at radius 1 is 1.38 bits per heavy atom. The third-order valence-corrected chi connectivity index (χ3v) is 3.57. The van der Waals surface area contributed by atoms with Gasteiger partial charge in [0, 0.05) is 25.2 Å². The lowest BCUT2D eigenvalue weighted by atomic mass is 10.1. The first-order chi connectivity index (χ1) is 7.66. The van der Waals surface area contributed by atoms with Gasteiger partial charge in [-0.1, -0.05) is 18.6 Å². The van der Waals surface area contributed by atoms with Gasteiger partial charge in [0.2, 0.25) is 0 Å². The number of nitrogens with zero attached hydrogens (tertiary/aromatic N) is 1. The van der Waals surface area contributed by atoms with E-state index in [1.165, 1.54) is 17.7 Å². The summed E-state index contributed by atoms with van der Waals surface area (Å²) in [5, 5.41) is 9.81. The van der Waals surface area contributed by atoms with Crippen molar-refractivity contribution in [3.05, 3.63) is 29.8 Å². The van der Waals surface area contributed by atoms with Crippen LogP contribution in [-0.2, 0) is 0 Å². The van der Waals surface area contributed by atoms with E-state index in [9.17, 15) is 5.11 Å². The summed E-state index contributed by atoms with van der Waals surface area (Å²) < 4.78 is 0. The highest BCUT2D eigenvalue weighted by atomic mass is 16.3. The summed E-state index contributed by atoms with van der Waals surface area (Å²) in [6.45, 7) is 3.08. The molecular formula is C14H21NO. The molecule has 1 aliphatic rings. The Kier molecular flexibility index (Phi) is 3.49. The zero-order chi connectivity index (χ0) is 11.5. The van der Waals surface area contributed by atoms with Crippen LogP contribution in [0.15, 0.2) is 24.3 Å². The van der Waals surface area contributed by atoms with E-state index in [-0.39, 0.29) is 6.10 Å². The van der Waals surface area contributed by atoms with Crippen molar-refractivity contribution in [1.82, 2.24) is 0 Å². The third kappa shape index (κ3) is 2.56. The SMILES string of the molecule is Cc1cccc(N(C)CC2CCCC2O)c1. The highest BCUT2D eigenvalue weighted by Crippen LogP contribution is 2.27. The number of benzene rings is 1. The molecule has 88 valence electrons. The van der Waals surface area contributed by atoms with Crippen LogP contribution in [0.1, 0.15) is 24.8 Å². The van der Waals surface area contributed by atoms with E-state index >= 15 is 0 Å². The molecule has 2 heteroatoms. The van der Waals surface area contributed by atoms with Gasteiger partial charge in [0.15, 0.2) is 0 Å². The van der Waals surface area contributed by atoms with E-state index in [0.29, 0.717) is 5.92 Å². The molecule has 2 nitrogen and oxygen atoms in total. The second-order valence-corrected chi connectivity index (χ2v) is 4.98. The van der Waals surface area contributed by atoms with Gasteiger partial charge in [-0.15, -0.1) is 0 Å². The first-order valence-corrected chi connectivity index (χ1v) is 6.12. The summed E-state index contributed by atoms with van der Waals surface area (Å²) in [5.74, 6) is 0.450. The van der Waals surface area contributed by atoms with Gasteiger partial charge in [0.05, 0.1) is 6.10 Å². The molecule has 0 saturated heterocycles. The lowest BCUT2D eigenvalue weighted by Gasteiger charge is -2.25. The number of aliphatic hydroxyl groups excluding tert-OH is 1. The van der Waals surface area contributed by atoms with E-state index in [2.05, 4.69) is 43.1 Å². The second-order valence-electron chi connectivity index (χ2n) is 4.98. The molecule has 1 N–H and O–H groups in total. The topological polar surface area (TPSA) is 23.5 Å². The summed E-state index contributed by atoms with van der Waals surface area (Å²) in [5.41, 5.74) is 2.54. The van der Waals surface area contributed by atoms with Gasteiger partial charge in [-0.3, -0.25) is 0 Å². The average Bonchev–Trinajstić information content (AvgIpc) is 2.64. The van der Waals surface area contributed by atoms with Gasteiger partial charge in [0.1, 0.15) is 0 Å². The monoisotopic (exact) mass is 219 g/mol. The molecule has 0 heterocycles. The predicted molar refractivity (Wildman–Crippen MR) is 67.8 cm³/mol. The van der Waals surface area contributed by atoms with Crippen molar-refractivity contribution in [1.29, 1.82) is 0 Å². The highest BCUT2D eigenvalue weighted by Gasteiger charge is 2.26. The molecule has 1 aromatic rings. The van der Waals surface area contributed by atoms with Gasteiger partial charge in [-0.2, -0.15) is 0 Å². The standard InChI is InChI=1S/C14H21NO/c1-11-5-3-7-13(9-11)15(2)10-12-6-4-8-14(12)16/h3,5,7,9,12,14,16H,4,6,8,10H2,1-2H3. The van der Waals surface area contributed by atoms with Crippen molar-refractivity contribution in [3.8, 4) is 0 Å². The summed E-state index contributed by atoms with van der Waals surface area (Å²) in [4.78, 5) is 2.26. The molecule has 1 saturated carbocycles. The third-order valence-electron chi connectivity index (χ3n) is 3.57. The Bertz CT molecular complexity index is 350. The zero-order valence-electron chi connectivity index (χ0n) is 10.2. The van der Waals surface area contributed by atoms with Crippen LogP contribution in [0, 0.1) is 12.8 Å². The Morgan fingerprint density at radius 2 is 2.19 bits per heavy atom. The average molecular weight is 219 g/mol. The van der Waals surface area contributed by atoms with Gasteiger partial charge in [0.25, 0.3) is 0 Å². The van der Waals surface area contributed by atoms with Crippen molar-refractivity contribution in [2.45, 2.75) is 32.3 Å². The molecule has 16 heavy (non-hydrogen) atoms. The maximum atomic E-state index is 9.81. The predicted octanol–water partition coefficient (Wildman–Crippen LogP) is 2.59. The molecule has 0 amide bonds. The Morgan fingerprint density at radius 3 is 2.81 bits per heavy atom. The summed E-state index contributed by atoms with van der Waals surface area (Å²) in [6, 6.07) is 8.53. The maximum absolute atomic E-state index is 9.81. The van der Waals surface area contributed by atoms with Crippen molar-refractivity contribution >= 4 is 5.69 Å². The van der Waals surface area contributed by atoms with Gasteiger partial charge >= 0.3 is 0 Å². The molecule has 0 spiro atoms. The molecule has 1 aromatic carbocycles. The zero-order valence-corrected chi connectivity index (χ0v) is 10.2. The van der Waals surface area contributed by atoms with E-state index in [0.717, 1.165) is 19.4 Å². The highest BCUT2D eigenvalue weighted by molar-refractivity contribution is 5.47. The van der Waals surface area contributed by atoms with Crippen LogP contribution in [0.3, 0.4) is 0 Å². The fourth-order valence-corrected chi connectivity index (χ4v) is 2.55. The van der Waals surface area contributed by atoms with Gasteiger partial charge in [-0.05, 0) is 37.5 Å². The molecule has 1 fully saturated rings. The fraction of sp³-hybridized carbons (Fsp3) is 0.571. The minimum atomic E-state index is -0.0905. The van der Waals surface area contributed by atoms with Crippen molar-refractivity contribution < 1.29 is 5.11 Å². The molecule has 0 radical (unpaired) electrons. The molecule has 2 rings (SSSR count). The van der Waals surface area contributed by atoms with E-state index in [1.807, 2.05) is 0 Å². The number of hydrogen-bond donors (Lipinski definition) is 1. The van der Waals surface area contributed by atoms with Crippen molar-refractivity contribution in [2.75, 3.05) is 18.5 Å².